The van der Waals surface area contributed by atoms with Crippen LogP contribution in [0.4, 0.5) is 5.69 Å². The molecule has 8 rings (SSSR count). The zero-order chi connectivity index (χ0) is 53.8. The van der Waals surface area contributed by atoms with Gasteiger partial charge in [0.15, 0.2) is 22.2 Å². The van der Waals surface area contributed by atoms with E-state index in [4.69, 9.17) is 31.9 Å². The summed E-state index contributed by atoms with van der Waals surface area (Å²) in [6.07, 6.45) is 11.7. The second-order valence-corrected chi connectivity index (χ2v) is 36.3. The molecule has 2 atom stereocenters. The van der Waals surface area contributed by atoms with Crippen LogP contribution in [0.5, 0.6) is 23.0 Å². The number of amides is 1. The number of methoxy groups -OCH3 is 2. The molecule has 0 bridgehead atoms. The summed E-state index contributed by atoms with van der Waals surface area (Å²) in [6, 6.07) is 27.9. The molecule has 2 heterocycles. The van der Waals surface area contributed by atoms with Gasteiger partial charge in [-0.15, -0.1) is 0 Å². The number of hydrogen-bond acceptors (Lipinski definition) is 10. The molecule has 0 spiro atoms. The van der Waals surface area contributed by atoms with E-state index in [0.29, 0.717) is 31.9 Å². The molecule has 0 radical (unpaired) electrons. The van der Waals surface area contributed by atoms with E-state index in [0.717, 1.165) is 142 Å². The molecule has 5 aromatic rings. The summed E-state index contributed by atoms with van der Waals surface area (Å²) in [4.78, 5) is 16.1. The van der Waals surface area contributed by atoms with E-state index in [1.54, 1.807) is 14.2 Å². The fraction of sp³-hybridized carbons (Fsp3) is 0.492. The van der Waals surface area contributed by atoms with Gasteiger partial charge in [-0.05, 0) is 166 Å². The van der Waals surface area contributed by atoms with Gasteiger partial charge < -0.3 is 47.2 Å². The fourth-order valence-electron chi connectivity index (χ4n) is 11.7. The first-order valence-corrected chi connectivity index (χ1v) is 36.8. The molecule has 14 heteroatoms. The number of hydrogen-bond donors (Lipinski definition) is 2. The van der Waals surface area contributed by atoms with E-state index in [1.165, 1.54) is 0 Å². The van der Waals surface area contributed by atoms with Crippen molar-refractivity contribution in [3.8, 4) is 34.1 Å². The summed E-state index contributed by atoms with van der Waals surface area (Å²) in [5.41, 5.74) is 7.47. The Bertz CT molecular complexity index is 2810. The zero-order valence-corrected chi connectivity index (χ0v) is 50.0. The zero-order valence-electron chi connectivity index (χ0n) is 47.0. The van der Waals surface area contributed by atoms with Crippen molar-refractivity contribution in [2.75, 3.05) is 65.2 Å². The van der Waals surface area contributed by atoms with E-state index >= 15 is 0 Å². The normalized spacial score (nSPS) is 18.0. The first-order chi connectivity index (χ1) is 35.7. The molecule has 2 unspecified atom stereocenters. The molecule has 0 saturated carbocycles. The standard InChI is InChI=1S/C61H84N2O9Si3/c1-13-14-15-16-32-62-59(65)44-20-29-49-53(38-44)60(2,3)57-50-30-31-61(45-21-25-47(66-4)26-22-45,70-58(50)52-40-55(67-5)54(39-51(52)56(49)57)63-33-17-19-43(41-63)42-64)46-23-27-48(28-24-46)69-36-35-68-34-18-37-75(12,71-73(6,7)8)72-74(9,10)11/h20-31,38-40,43,64H,13-19,32-37,41-42H2,1-12H3,(H,62,65). The summed E-state index contributed by atoms with van der Waals surface area (Å²) in [5, 5.41) is 15.5. The number of aliphatic hydroxyl groups excluding tert-OH is 1. The van der Waals surface area contributed by atoms with Gasteiger partial charge in [0.1, 0.15) is 29.6 Å². The van der Waals surface area contributed by atoms with Gasteiger partial charge in [-0.25, -0.2) is 0 Å². The van der Waals surface area contributed by atoms with Crippen LogP contribution >= 0.6 is 0 Å². The van der Waals surface area contributed by atoms with Crippen LogP contribution in [0.15, 0.2) is 84.9 Å². The molecule has 75 heavy (non-hydrogen) atoms. The quantitative estimate of drug-likeness (QED) is 0.0457. The van der Waals surface area contributed by atoms with Crippen molar-refractivity contribution in [2.45, 2.75) is 129 Å². The third kappa shape index (κ3) is 12.6. The van der Waals surface area contributed by atoms with Gasteiger partial charge in [0.05, 0.1) is 26.5 Å². The Balaban J connectivity index is 1.13. The van der Waals surface area contributed by atoms with Crippen LogP contribution in [-0.4, -0.2) is 96.5 Å². The molecule has 1 aliphatic carbocycles. The predicted molar refractivity (Wildman–Crippen MR) is 313 cm³/mol. The van der Waals surface area contributed by atoms with Gasteiger partial charge in [-0.2, -0.15) is 0 Å². The van der Waals surface area contributed by atoms with E-state index in [1.807, 2.05) is 30.3 Å². The summed E-state index contributed by atoms with van der Waals surface area (Å²) in [5.74, 6) is 3.12. The third-order valence-electron chi connectivity index (χ3n) is 14.9. The highest BCUT2D eigenvalue weighted by Gasteiger charge is 2.45. The van der Waals surface area contributed by atoms with Gasteiger partial charge in [-0.3, -0.25) is 4.79 Å². The van der Waals surface area contributed by atoms with E-state index in [-0.39, 0.29) is 18.4 Å². The minimum Gasteiger partial charge on any atom is -0.497 e. The molecule has 1 fully saturated rings. The predicted octanol–water partition coefficient (Wildman–Crippen LogP) is 13.6. The summed E-state index contributed by atoms with van der Waals surface area (Å²) in [6.45, 7) is 26.3. The van der Waals surface area contributed by atoms with Crippen LogP contribution in [0, 0.1) is 5.92 Å². The number of ether oxygens (including phenoxy) is 5. The van der Waals surface area contributed by atoms with Gasteiger partial charge in [0.2, 0.25) is 0 Å². The van der Waals surface area contributed by atoms with Crippen molar-refractivity contribution in [1.82, 2.24) is 5.32 Å². The lowest BCUT2D eigenvalue weighted by Gasteiger charge is -2.39. The number of piperidine rings is 1. The Hall–Kier alpha value is -4.94. The maximum atomic E-state index is 13.7. The second-order valence-electron chi connectivity index (χ2n) is 23.5. The molecular weight excluding hydrogens is 989 g/mol. The number of nitrogens with one attached hydrogen (secondary N) is 1. The average molecular weight is 1070 g/mol. The molecule has 404 valence electrons. The second kappa shape index (κ2) is 23.3. The van der Waals surface area contributed by atoms with Gasteiger partial charge in [-0.1, -0.05) is 76.4 Å². The minimum atomic E-state index is -2.32. The Kier molecular flexibility index (Phi) is 17.5. The first kappa shape index (κ1) is 56.3. The first-order valence-electron chi connectivity index (χ1n) is 27.5. The number of anilines is 1. The molecule has 2 aliphatic heterocycles. The number of carbonyl (C=O) groups excluding carboxylic acids is 1. The molecule has 5 aromatic carbocycles. The van der Waals surface area contributed by atoms with Crippen molar-refractivity contribution >= 4 is 53.6 Å². The number of fused-ring (bicyclic) bond motifs is 8. The molecule has 1 amide bonds. The van der Waals surface area contributed by atoms with Crippen LogP contribution in [0.3, 0.4) is 0 Å². The molecule has 11 nitrogen and oxygen atoms in total. The van der Waals surface area contributed by atoms with Crippen LogP contribution in [0.25, 0.3) is 28.0 Å². The number of aliphatic hydroxyl groups is 1. The lowest BCUT2D eigenvalue weighted by molar-refractivity contribution is 0.0952. The smallest absolute Gasteiger partial charge is 0.314 e. The molecular formula is C61H84N2O9Si3. The highest BCUT2D eigenvalue weighted by Crippen LogP contribution is 2.59. The SMILES string of the molecule is CCCCCCNC(=O)c1ccc2c(c1)C(C)(C)c1c3c(c4cc(OC)c(N5CCCC(CO)C5)cc4c1-2)OC(c1ccc(OC)cc1)(c1ccc(OCCOCCC[Si](C)(O[Si](C)(C)C)O[Si](C)(C)C)cc1)C=C3. The number of benzene rings is 5. The maximum Gasteiger partial charge on any atom is 0.314 e. The largest absolute Gasteiger partial charge is 0.497 e. The number of rotatable bonds is 24. The Morgan fingerprint density at radius 1 is 0.800 bits per heavy atom. The van der Waals surface area contributed by atoms with Crippen molar-refractivity contribution in [3.63, 3.8) is 0 Å². The number of unbranched alkanes of at least 4 members (excludes halogenated alkanes) is 3. The molecule has 2 N–H and O–H groups in total. The minimum absolute atomic E-state index is 0.0485. The third-order valence-corrected chi connectivity index (χ3v) is 24.5. The number of carbonyl (C=O) groups is 1. The van der Waals surface area contributed by atoms with Crippen LogP contribution in [-0.2, 0) is 24.0 Å². The van der Waals surface area contributed by atoms with Crippen LogP contribution in [0.2, 0.25) is 51.9 Å². The monoisotopic (exact) mass is 1070 g/mol. The highest BCUT2D eigenvalue weighted by atomic mass is 28.5. The van der Waals surface area contributed by atoms with Crippen molar-refractivity contribution < 1.29 is 41.8 Å². The molecule has 1 saturated heterocycles. The van der Waals surface area contributed by atoms with Crippen LogP contribution < -0.4 is 29.2 Å². The van der Waals surface area contributed by atoms with Crippen molar-refractivity contribution in [1.29, 1.82) is 0 Å². The topological polar surface area (TPSA) is 117 Å². The maximum absolute atomic E-state index is 13.7. The average Bonchev–Trinajstić information content (AvgIpc) is 3.69. The van der Waals surface area contributed by atoms with Gasteiger partial charge in [0.25, 0.3) is 5.91 Å². The lowest BCUT2D eigenvalue weighted by Crippen LogP contribution is -2.52. The fourth-order valence-corrected chi connectivity index (χ4v) is 24.2. The summed E-state index contributed by atoms with van der Waals surface area (Å²) in [7, 11) is -2.44. The lowest BCUT2D eigenvalue weighted by atomic mass is 9.76. The Morgan fingerprint density at radius 3 is 2.13 bits per heavy atom. The van der Waals surface area contributed by atoms with Crippen LogP contribution in [0.1, 0.15) is 104 Å². The van der Waals surface area contributed by atoms with Crippen molar-refractivity contribution in [3.05, 3.63) is 118 Å². The van der Waals surface area contributed by atoms with Gasteiger partial charge in [0, 0.05) is 65.9 Å². The van der Waals surface area contributed by atoms with E-state index < -0.39 is 36.2 Å². The summed E-state index contributed by atoms with van der Waals surface area (Å²) < 4.78 is 45.5. The van der Waals surface area contributed by atoms with Crippen molar-refractivity contribution in [2.24, 2.45) is 5.92 Å². The van der Waals surface area contributed by atoms with E-state index in [2.05, 4.69) is 137 Å². The summed E-state index contributed by atoms with van der Waals surface area (Å²) >= 11 is 0. The Labute approximate surface area is 450 Å². The van der Waals surface area contributed by atoms with E-state index in [9.17, 15) is 9.90 Å². The van der Waals surface area contributed by atoms with Gasteiger partial charge >= 0.3 is 8.56 Å². The molecule has 3 aliphatic rings. The highest BCUT2D eigenvalue weighted by molar-refractivity contribution is 6.87. The molecule has 0 aromatic heterocycles. The number of nitrogens with zero attached hydrogens (tertiary/aromatic N) is 1. The Morgan fingerprint density at radius 2 is 1.49 bits per heavy atom.